The molecule has 1 aliphatic rings. The molecule has 1 rings (SSSR count). The normalized spacial score (nSPS) is 24.6. The Morgan fingerprint density at radius 3 is 2.67 bits per heavy atom. The molecule has 2 atom stereocenters. The second kappa shape index (κ2) is 9.10. The average Bonchev–Trinajstić information content (AvgIpc) is 2.77. The fourth-order valence-electron chi connectivity index (χ4n) is 2.59. The summed E-state index contributed by atoms with van der Waals surface area (Å²) in [6.45, 7) is 5.88. The molecular formula is C14H29I2N2-. The molecule has 0 spiro atoms. The van der Waals surface area contributed by atoms with Crippen molar-refractivity contribution in [2.75, 3.05) is 25.9 Å². The van der Waals surface area contributed by atoms with E-state index in [1.165, 1.54) is 31.5 Å². The molecule has 0 amide bonds. The van der Waals surface area contributed by atoms with E-state index in [4.69, 9.17) is 4.99 Å². The molecule has 1 fully saturated rings. The molecule has 0 aromatic heterocycles. The van der Waals surface area contributed by atoms with Gasteiger partial charge in [-0.2, -0.15) is 0 Å². The molecule has 1 saturated heterocycles. The number of nitrogens with zero attached hydrogens (tertiary/aromatic N) is 2. The molecule has 4 heteroatoms. The Labute approximate surface area is 131 Å². The third kappa shape index (κ3) is 4.89. The molecule has 0 saturated carbocycles. The van der Waals surface area contributed by atoms with E-state index in [0.717, 1.165) is 10.5 Å². The van der Waals surface area contributed by atoms with Crippen LogP contribution in [-0.2, 0) is 0 Å². The number of hydrogen-bond donors (Lipinski definition) is 0. The Balaban J connectivity index is 2.74. The van der Waals surface area contributed by atoms with Crippen LogP contribution >= 0.6 is 19.8 Å². The molecule has 110 valence electrons. The van der Waals surface area contributed by atoms with Gasteiger partial charge in [0.05, 0.1) is 0 Å². The van der Waals surface area contributed by atoms with Crippen LogP contribution in [0.1, 0.15) is 39.5 Å². The zero-order chi connectivity index (χ0) is 13.5. The molecule has 0 aromatic rings. The first kappa shape index (κ1) is 17.1. The SMILES string of the molecule is CCC(=N[C@@H](CC)I(C)C[I-]C)C1CCCN1C. The standard InChI is InChI=1S/C14H29I2N2/c1-6-12(13-9-8-10-18(13)5)17-14(7-2)16(4)11-15-3/h13-14H,6-11H2,1-5H3/q-1/t13?,14-/m0/s1. The minimum atomic E-state index is -0.785. The summed E-state index contributed by atoms with van der Waals surface area (Å²) in [4.78, 5) is 12.7. The Bertz CT molecular complexity index is 269. The van der Waals surface area contributed by atoms with Crippen LogP contribution in [-0.4, -0.2) is 46.6 Å². The van der Waals surface area contributed by atoms with Crippen molar-refractivity contribution < 1.29 is 21.2 Å². The van der Waals surface area contributed by atoms with Crippen LogP contribution in [0, 0.1) is 0 Å². The summed E-state index contributed by atoms with van der Waals surface area (Å²) >= 11 is -0.318. The van der Waals surface area contributed by atoms with Crippen LogP contribution in [0.5, 0.6) is 0 Å². The van der Waals surface area contributed by atoms with Gasteiger partial charge in [0.1, 0.15) is 0 Å². The van der Waals surface area contributed by atoms with Gasteiger partial charge in [-0.05, 0) is 0 Å². The molecule has 1 aliphatic heterocycles. The van der Waals surface area contributed by atoms with Crippen LogP contribution in [0.4, 0.5) is 0 Å². The summed E-state index contributed by atoms with van der Waals surface area (Å²) in [6.07, 6.45) is 5.10. The summed E-state index contributed by atoms with van der Waals surface area (Å²) in [5, 5.41) is 0. The number of aliphatic imine (C=N–C) groups is 1. The van der Waals surface area contributed by atoms with Crippen LogP contribution in [0.25, 0.3) is 0 Å². The van der Waals surface area contributed by atoms with Gasteiger partial charge in [-0.1, -0.05) is 0 Å². The van der Waals surface area contributed by atoms with E-state index >= 15 is 0 Å². The summed E-state index contributed by atoms with van der Waals surface area (Å²) in [5.41, 5.74) is 1.50. The topological polar surface area (TPSA) is 15.6 Å². The van der Waals surface area contributed by atoms with E-state index in [9.17, 15) is 0 Å². The fourth-order valence-corrected chi connectivity index (χ4v) is 14.9. The van der Waals surface area contributed by atoms with Crippen LogP contribution < -0.4 is 21.2 Å². The Kier molecular flexibility index (Phi) is 8.67. The van der Waals surface area contributed by atoms with Crippen LogP contribution in [0.2, 0.25) is 0 Å². The van der Waals surface area contributed by atoms with E-state index in [2.05, 4.69) is 35.7 Å². The van der Waals surface area contributed by atoms with Crippen molar-refractivity contribution in [1.29, 1.82) is 0 Å². The van der Waals surface area contributed by atoms with E-state index in [1.807, 2.05) is 0 Å². The van der Waals surface area contributed by atoms with E-state index in [1.54, 1.807) is 2.43 Å². The predicted molar refractivity (Wildman–Crippen MR) is 88.2 cm³/mol. The van der Waals surface area contributed by atoms with E-state index in [0.29, 0.717) is 27.2 Å². The third-order valence-electron chi connectivity index (χ3n) is 3.60. The maximum absolute atomic E-state index is 5.23. The molecule has 0 N–H and O–H groups in total. The van der Waals surface area contributed by atoms with Gasteiger partial charge in [0, 0.05) is 0 Å². The van der Waals surface area contributed by atoms with Crippen molar-refractivity contribution in [3.8, 4) is 0 Å². The van der Waals surface area contributed by atoms with Gasteiger partial charge >= 0.3 is 132 Å². The zero-order valence-electron chi connectivity index (χ0n) is 12.5. The number of halogens is 2. The van der Waals surface area contributed by atoms with Crippen LogP contribution in [0.3, 0.4) is 0 Å². The first-order chi connectivity index (χ1) is 8.63. The Morgan fingerprint density at radius 2 is 2.22 bits per heavy atom. The van der Waals surface area contributed by atoms with Gasteiger partial charge in [-0.25, -0.2) is 0 Å². The summed E-state index contributed by atoms with van der Waals surface area (Å²) in [7, 11) is 2.27. The molecule has 0 bridgehead atoms. The zero-order valence-corrected chi connectivity index (χ0v) is 16.9. The van der Waals surface area contributed by atoms with Gasteiger partial charge in [0.25, 0.3) is 0 Å². The number of likely N-dealkylation sites (tertiary alicyclic amines) is 1. The minimum absolute atomic E-state index is 0.467. The molecule has 18 heavy (non-hydrogen) atoms. The maximum atomic E-state index is 5.23. The molecule has 1 unspecified atom stereocenters. The molecule has 0 radical (unpaired) electrons. The quantitative estimate of drug-likeness (QED) is 0.225. The molecular weight excluding hydrogens is 450 g/mol. The Hall–Kier alpha value is 1.09. The second-order valence-electron chi connectivity index (χ2n) is 4.96. The monoisotopic (exact) mass is 479 g/mol. The number of alkyl halides is 5. The summed E-state index contributed by atoms with van der Waals surface area (Å²) in [5.74, 6) is 0. The number of hydrogen-bond acceptors (Lipinski definition) is 2. The Morgan fingerprint density at radius 1 is 1.50 bits per heavy atom. The predicted octanol–water partition coefficient (Wildman–Crippen LogP) is 0.480. The van der Waals surface area contributed by atoms with Gasteiger partial charge in [0.2, 0.25) is 0 Å². The van der Waals surface area contributed by atoms with Crippen molar-refractivity contribution in [3.05, 3.63) is 0 Å². The first-order valence-corrected chi connectivity index (χ1v) is 15.5. The summed E-state index contributed by atoms with van der Waals surface area (Å²) < 4.78 is 2.29. The molecule has 1 heterocycles. The fraction of sp³-hybridized carbons (Fsp3) is 0.929. The van der Waals surface area contributed by atoms with E-state index < -0.39 is 19.8 Å². The van der Waals surface area contributed by atoms with Crippen LogP contribution in [0.15, 0.2) is 4.99 Å². The second-order valence-corrected chi connectivity index (χ2v) is 16.0. The van der Waals surface area contributed by atoms with Gasteiger partial charge in [0.15, 0.2) is 0 Å². The van der Waals surface area contributed by atoms with Crippen molar-refractivity contribution in [2.24, 2.45) is 4.99 Å². The molecule has 2 nitrogen and oxygen atoms in total. The molecule has 0 aromatic carbocycles. The van der Waals surface area contributed by atoms with E-state index in [-0.39, 0.29) is 0 Å². The third-order valence-corrected chi connectivity index (χ3v) is 18.7. The summed E-state index contributed by atoms with van der Waals surface area (Å²) in [6, 6.07) is 0.657. The van der Waals surface area contributed by atoms with Crippen molar-refractivity contribution in [3.63, 3.8) is 0 Å². The van der Waals surface area contributed by atoms with Crippen molar-refractivity contribution in [1.82, 2.24) is 4.90 Å². The van der Waals surface area contributed by atoms with Gasteiger partial charge in [-0.15, -0.1) is 0 Å². The van der Waals surface area contributed by atoms with Crippen molar-refractivity contribution in [2.45, 2.75) is 49.6 Å². The number of rotatable bonds is 7. The van der Waals surface area contributed by atoms with Gasteiger partial charge < -0.3 is 0 Å². The molecule has 0 aliphatic carbocycles. The first-order valence-electron chi connectivity index (χ1n) is 6.89. The van der Waals surface area contributed by atoms with Gasteiger partial charge in [-0.3, -0.25) is 0 Å². The van der Waals surface area contributed by atoms with Crippen molar-refractivity contribution >= 4 is 25.5 Å². The average molecular weight is 479 g/mol.